The fourth-order valence-electron chi connectivity index (χ4n) is 4.22. The SMILES string of the molecule is COc1nc(C2(OC)CCNCC2)cc2c(NCCc3cccc(C(F)F)c3F)ncnc12. The first kappa shape index (κ1) is 23.2. The summed E-state index contributed by atoms with van der Waals surface area (Å²) in [5.74, 6) is 0.00842. The van der Waals surface area contributed by atoms with Crippen molar-refractivity contribution in [3.63, 3.8) is 0 Å². The van der Waals surface area contributed by atoms with Crippen molar-refractivity contribution in [2.45, 2.75) is 31.3 Å². The Labute approximate surface area is 189 Å². The molecule has 33 heavy (non-hydrogen) atoms. The minimum absolute atomic E-state index is 0.209. The molecule has 1 fully saturated rings. The van der Waals surface area contributed by atoms with Crippen molar-refractivity contribution in [1.29, 1.82) is 0 Å². The van der Waals surface area contributed by atoms with E-state index in [1.54, 1.807) is 7.11 Å². The van der Waals surface area contributed by atoms with E-state index >= 15 is 0 Å². The largest absolute Gasteiger partial charge is 0.479 e. The molecule has 3 aromatic rings. The molecule has 3 heterocycles. The van der Waals surface area contributed by atoms with E-state index in [0.29, 0.717) is 22.6 Å². The number of fused-ring (bicyclic) bond motifs is 1. The highest BCUT2D eigenvalue weighted by Crippen LogP contribution is 2.37. The van der Waals surface area contributed by atoms with E-state index in [4.69, 9.17) is 9.47 Å². The second-order valence-electron chi connectivity index (χ2n) is 7.88. The summed E-state index contributed by atoms with van der Waals surface area (Å²) in [6.45, 7) is 1.89. The van der Waals surface area contributed by atoms with Gasteiger partial charge in [0.1, 0.15) is 29.1 Å². The van der Waals surface area contributed by atoms with Crippen LogP contribution in [0.4, 0.5) is 19.0 Å². The highest BCUT2D eigenvalue weighted by molar-refractivity contribution is 5.92. The zero-order chi connectivity index (χ0) is 23.4. The third-order valence-electron chi connectivity index (χ3n) is 6.08. The maximum absolute atomic E-state index is 14.4. The van der Waals surface area contributed by atoms with Crippen LogP contribution >= 0.6 is 0 Å². The summed E-state index contributed by atoms with van der Waals surface area (Å²) in [6, 6.07) is 5.94. The monoisotopic (exact) mass is 461 g/mol. The molecule has 0 spiro atoms. The van der Waals surface area contributed by atoms with Crippen LogP contribution in [0.15, 0.2) is 30.6 Å². The summed E-state index contributed by atoms with van der Waals surface area (Å²) in [6.07, 6.45) is 0.247. The normalized spacial score (nSPS) is 15.7. The van der Waals surface area contributed by atoms with Gasteiger partial charge in [-0.25, -0.2) is 28.1 Å². The summed E-state index contributed by atoms with van der Waals surface area (Å²) in [7, 11) is 3.20. The van der Waals surface area contributed by atoms with Crippen molar-refractivity contribution < 1.29 is 22.6 Å². The number of benzene rings is 1. The van der Waals surface area contributed by atoms with Crippen LogP contribution in [0, 0.1) is 5.82 Å². The number of alkyl halides is 2. The molecule has 0 saturated carbocycles. The summed E-state index contributed by atoms with van der Waals surface area (Å²) < 4.78 is 51.8. The van der Waals surface area contributed by atoms with Gasteiger partial charge in [-0.1, -0.05) is 18.2 Å². The summed E-state index contributed by atoms with van der Waals surface area (Å²) in [4.78, 5) is 13.3. The van der Waals surface area contributed by atoms with Crippen LogP contribution in [0.25, 0.3) is 10.9 Å². The van der Waals surface area contributed by atoms with Crippen LogP contribution < -0.4 is 15.4 Å². The Balaban J connectivity index is 1.64. The average molecular weight is 461 g/mol. The first-order valence-electron chi connectivity index (χ1n) is 10.7. The fourth-order valence-corrected chi connectivity index (χ4v) is 4.22. The van der Waals surface area contributed by atoms with Crippen LogP contribution in [-0.2, 0) is 16.8 Å². The molecule has 0 bridgehead atoms. The van der Waals surface area contributed by atoms with Gasteiger partial charge in [-0.3, -0.25) is 0 Å². The lowest BCUT2D eigenvalue weighted by Gasteiger charge is -2.36. The molecule has 2 N–H and O–H groups in total. The molecule has 0 amide bonds. The van der Waals surface area contributed by atoms with Crippen molar-refractivity contribution in [3.05, 3.63) is 53.2 Å². The molecular weight excluding hydrogens is 435 g/mol. The van der Waals surface area contributed by atoms with E-state index in [1.807, 2.05) is 6.07 Å². The quantitative estimate of drug-likeness (QED) is 0.525. The molecule has 4 rings (SSSR count). The lowest BCUT2D eigenvalue weighted by atomic mass is 9.87. The molecule has 1 aliphatic rings. The predicted octanol–water partition coefficient (Wildman–Crippen LogP) is 3.99. The molecule has 1 aliphatic heterocycles. The van der Waals surface area contributed by atoms with Gasteiger partial charge in [0.25, 0.3) is 6.43 Å². The number of piperidine rings is 1. The lowest BCUT2D eigenvalue weighted by Crippen LogP contribution is -2.41. The smallest absolute Gasteiger partial charge is 0.266 e. The predicted molar refractivity (Wildman–Crippen MR) is 118 cm³/mol. The summed E-state index contributed by atoms with van der Waals surface area (Å²) >= 11 is 0. The van der Waals surface area contributed by atoms with Gasteiger partial charge in [0.2, 0.25) is 5.88 Å². The Morgan fingerprint density at radius 3 is 2.67 bits per heavy atom. The number of hydrogen-bond acceptors (Lipinski definition) is 7. The number of nitrogens with zero attached hydrogens (tertiary/aromatic N) is 3. The minimum Gasteiger partial charge on any atom is -0.479 e. The first-order valence-corrected chi connectivity index (χ1v) is 10.7. The van der Waals surface area contributed by atoms with Crippen LogP contribution in [0.2, 0.25) is 0 Å². The Kier molecular flexibility index (Phi) is 6.94. The molecular formula is C23H26F3N5O2. The Morgan fingerprint density at radius 1 is 1.18 bits per heavy atom. The number of ether oxygens (including phenoxy) is 2. The van der Waals surface area contributed by atoms with E-state index in [9.17, 15) is 13.2 Å². The van der Waals surface area contributed by atoms with Crippen LogP contribution in [0.3, 0.4) is 0 Å². The van der Waals surface area contributed by atoms with Crippen molar-refractivity contribution in [2.75, 3.05) is 39.2 Å². The van der Waals surface area contributed by atoms with Crippen molar-refractivity contribution in [2.24, 2.45) is 0 Å². The molecule has 10 heteroatoms. The summed E-state index contributed by atoms with van der Waals surface area (Å²) in [5, 5.41) is 7.20. The molecule has 1 saturated heterocycles. The standard InChI is InChI=1S/C23H26F3N5O2/c1-32-22-19-16(12-17(31-22)23(33-2)7-10-27-11-8-23)21(30-13-29-19)28-9-6-14-4-3-5-15(18(14)24)20(25)26/h3-5,12-13,20,27H,6-11H2,1-2H3,(H,28,29,30). The number of halogens is 3. The fraction of sp³-hybridized carbons (Fsp3) is 0.435. The van der Waals surface area contributed by atoms with Gasteiger partial charge in [0.15, 0.2) is 0 Å². The van der Waals surface area contributed by atoms with E-state index in [2.05, 4.69) is 25.6 Å². The van der Waals surface area contributed by atoms with Gasteiger partial charge >= 0.3 is 0 Å². The van der Waals surface area contributed by atoms with Crippen LogP contribution in [0.1, 0.15) is 36.1 Å². The zero-order valence-corrected chi connectivity index (χ0v) is 18.5. The van der Waals surface area contributed by atoms with E-state index in [-0.39, 0.29) is 18.5 Å². The number of aromatic nitrogens is 3. The van der Waals surface area contributed by atoms with Crippen molar-refractivity contribution in [1.82, 2.24) is 20.3 Å². The van der Waals surface area contributed by atoms with Gasteiger partial charge in [-0.15, -0.1) is 0 Å². The van der Waals surface area contributed by atoms with Crippen LogP contribution in [-0.4, -0.2) is 48.8 Å². The first-order chi connectivity index (χ1) is 16.0. The molecule has 0 radical (unpaired) electrons. The highest BCUT2D eigenvalue weighted by atomic mass is 19.3. The number of nitrogens with one attached hydrogen (secondary N) is 2. The third-order valence-corrected chi connectivity index (χ3v) is 6.08. The second-order valence-corrected chi connectivity index (χ2v) is 7.88. The second kappa shape index (κ2) is 9.88. The Morgan fingerprint density at radius 2 is 1.97 bits per heavy atom. The number of rotatable bonds is 8. The summed E-state index contributed by atoms with van der Waals surface area (Å²) in [5.41, 5.74) is 0.326. The zero-order valence-electron chi connectivity index (χ0n) is 18.5. The molecule has 2 aromatic heterocycles. The maximum Gasteiger partial charge on any atom is 0.266 e. The number of methoxy groups -OCH3 is 2. The molecule has 0 aliphatic carbocycles. The lowest BCUT2D eigenvalue weighted by molar-refractivity contribution is -0.0426. The molecule has 176 valence electrons. The van der Waals surface area contributed by atoms with E-state index < -0.39 is 23.4 Å². The Hall–Kier alpha value is -2.98. The highest BCUT2D eigenvalue weighted by Gasteiger charge is 2.36. The van der Waals surface area contributed by atoms with E-state index in [1.165, 1.54) is 25.6 Å². The third kappa shape index (κ3) is 4.58. The van der Waals surface area contributed by atoms with Crippen molar-refractivity contribution >= 4 is 16.7 Å². The number of pyridine rings is 1. The topological polar surface area (TPSA) is 81.2 Å². The molecule has 0 atom stereocenters. The molecule has 1 aromatic carbocycles. The van der Waals surface area contributed by atoms with Crippen LogP contribution in [0.5, 0.6) is 5.88 Å². The van der Waals surface area contributed by atoms with Crippen molar-refractivity contribution in [3.8, 4) is 5.88 Å². The van der Waals surface area contributed by atoms with Gasteiger partial charge in [-0.05, 0) is 44.0 Å². The maximum atomic E-state index is 14.4. The van der Waals surface area contributed by atoms with E-state index in [0.717, 1.165) is 37.7 Å². The number of hydrogen-bond donors (Lipinski definition) is 2. The van der Waals surface area contributed by atoms with Gasteiger partial charge < -0.3 is 20.1 Å². The Bertz CT molecular complexity index is 1120. The van der Waals surface area contributed by atoms with Gasteiger partial charge in [0.05, 0.1) is 23.8 Å². The minimum atomic E-state index is -2.86. The average Bonchev–Trinajstić information content (AvgIpc) is 2.84. The molecule has 7 nitrogen and oxygen atoms in total. The van der Waals surface area contributed by atoms with Gasteiger partial charge in [-0.2, -0.15) is 0 Å². The molecule has 0 unspecified atom stereocenters. The number of anilines is 1. The van der Waals surface area contributed by atoms with Gasteiger partial charge in [0, 0.05) is 13.7 Å².